The molecule has 1 N–H and O–H groups in total. The van der Waals surface area contributed by atoms with Crippen LogP contribution in [0.5, 0.6) is 5.75 Å². The Hall–Kier alpha value is -2.54. The van der Waals surface area contributed by atoms with Crippen LogP contribution in [0.1, 0.15) is 51.7 Å². The summed E-state index contributed by atoms with van der Waals surface area (Å²) in [6.07, 6.45) is 3.03. The SMILES string of the molecule is COc1cc(Cl)ccc1C(=O)N1CCCN(C(=O)c2cc(C3CC3)[nH]n2)CC1. The molecule has 7 nitrogen and oxygen atoms in total. The van der Waals surface area contributed by atoms with Crippen molar-refractivity contribution in [2.24, 2.45) is 0 Å². The van der Waals surface area contributed by atoms with Crippen molar-refractivity contribution < 1.29 is 14.3 Å². The average Bonchev–Trinajstić information content (AvgIpc) is 3.49. The molecule has 2 aromatic rings. The number of methoxy groups -OCH3 is 1. The highest BCUT2D eigenvalue weighted by Crippen LogP contribution is 2.39. The summed E-state index contributed by atoms with van der Waals surface area (Å²) in [4.78, 5) is 29.3. The Bertz CT molecular complexity index is 893. The van der Waals surface area contributed by atoms with E-state index in [2.05, 4.69) is 10.2 Å². The zero-order valence-electron chi connectivity index (χ0n) is 15.8. The van der Waals surface area contributed by atoms with E-state index in [1.54, 1.807) is 28.0 Å². The molecule has 1 saturated carbocycles. The van der Waals surface area contributed by atoms with Crippen molar-refractivity contribution in [3.05, 3.63) is 46.2 Å². The van der Waals surface area contributed by atoms with Crippen molar-refractivity contribution in [1.82, 2.24) is 20.0 Å². The molecule has 0 atom stereocenters. The summed E-state index contributed by atoms with van der Waals surface area (Å²) < 4.78 is 5.31. The maximum atomic E-state index is 13.0. The lowest BCUT2D eigenvalue weighted by atomic mass is 10.1. The predicted molar refractivity (Wildman–Crippen MR) is 105 cm³/mol. The summed E-state index contributed by atoms with van der Waals surface area (Å²) in [6.45, 7) is 2.14. The van der Waals surface area contributed by atoms with Crippen molar-refractivity contribution >= 4 is 23.4 Å². The smallest absolute Gasteiger partial charge is 0.274 e. The molecule has 0 bridgehead atoms. The fraction of sp³-hybridized carbons (Fsp3) is 0.450. The first-order chi connectivity index (χ1) is 13.6. The van der Waals surface area contributed by atoms with Crippen LogP contribution in [-0.4, -0.2) is 65.1 Å². The minimum atomic E-state index is -0.112. The van der Waals surface area contributed by atoms with Gasteiger partial charge < -0.3 is 14.5 Å². The van der Waals surface area contributed by atoms with Gasteiger partial charge >= 0.3 is 0 Å². The van der Waals surface area contributed by atoms with Crippen molar-refractivity contribution in [2.75, 3.05) is 33.3 Å². The highest BCUT2D eigenvalue weighted by atomic mass is 35.5. The Morgan fingerprint density at radius 2 is 1.82 bits per heavy atom. The number of aromatic amines is 1. The maximum Gasteiger partial charge on any atom is 0.274 e. The van der Waals surface area contributed by atoms with Gasteiger partial charge in [0.15, 0.2) is 0 Å². The number of benzene rings is 1. The van der Waals surface area contributed by atoms with Gasteiger partial charge in [0.2, 0.25) is 0 Å². The van der Waals surface area contributed by atoms with Gasteiger partial charge in [0.1, 0.15) is 11.4 Å². The standard InChI is InChI=1S/C20H23ClN4O3/c1-28-18-11-14(21)5-6-15(18)19(26)24-7-2-8-25(10-9-24)20(27)17-12-16(22-23-17)13-3-4-13/h5-6,11-13H,2-4,7-10H2,1H3,(H,22,23). The molecule has 4 rings (SSSR count). The van der Waals surface area contributed by atoms with Crippen molar-refractivity contribution in [3.63, 3.8) is 0 Å². The summed E-state index contributed by atoms with van der Waals surface area (Å²) in [7, 11) is 1.52. The third-order valence-electron chi connectivity index (χ3n) is 5.30. The van der Waals surface area contributed by atoms with Crippen LogP contribution in [-0.2, 0) is 0 Å². The first kappa shape index (κ1) is 18.8. The highest BCUT2D eigenvalue weighted by molar-refractivity contribution is 6.30. The van der Waals surface area contributed by atoms with Gasteiger partial charge in [-0.3, -0.25) is 14.7 Å². The molecule has 28 heavy (non-hydrogen) atoms. The van der Waals surface area contributed by atoms with Gasteiger partial charge in [0.25, 0.3) is 11.8 Å². The van der Waals surface area contributed by atoms with Crippen LogP contribution in [0.15, 0.2) is 24.3 Å². The zero-order chi connectivity index (χ0) is 19.7. The number of rotatable bonds is 4. The van der Waals surface area contributed by atoms with E-state index < -0.39 is 0 Å². The lowest BCUT2D eigenvalue weighted by Gasteiger charge is -2.22. The molecule has 2 amide bonds. The predicted octanol–water partition coefficient (Wildman–Crippen LogP) is 2.94. The molecule has 8 heteroatoms. The molecule has 1 aromatic carbocycles. The summed E-state index contributed by atoms with van der Waals surface area (Å²) in [5.74, 6) is 0.791. The number of nitrogens with zero attached hydrogens (tertiary/aromatic N) is 3. The van der Waals surface area contributed by atoms with Crippen LogP contribution in [0.4, 0.5) is 0 Å². The summed E-state index contributed by atoms with van der Waals surface area (Å²) in [5.41, 5.74) is 1.99. The zero-order valence-corrected chi connectivity index (χ0v) is 16.5. The van der Waals surface area contributed by atoms with Gasteiger partial charge in [-0.05, 0) is 43.5 Å². The lowest BCUT2D eigenvalue weighted by Crippen LogP contribution is -2.37. The number of carbonyl (C=O) groups is 2. The monoisotopic (exact) mass is 402 g/mol. The van der Waals surface area contributed by atoms with Crippen LogP contribution in [0.25, 0.3) is 0 Å². The first-order valence-corrected chi connectivity index (χ1v) is 9.92. The Labute approximate surface area is 168 Å². The Balaban J connectivity index is 1.43. The summed E-state index contributed by atoms with van der Waals surface area (Å²) in [5, 5.41) is 7.69. The van der Waals surface area contributed by atoms with Crippen molar-refractivity contribution in [3.8, 4) is 5.75 Å². The minimum Gasteiger partial charge on any atom is -0.496 e. The van der Waals surface area contributed by atoms with E-state index in [0.717, 1.165) is 18.5 Å². The van der Waals surface area contributed by atoms with Crippen LogP contribution in [0.2, 0.25) is 5.02 Å². The van der Waals surface area contributed by atoms with Crippen LogP contribution in [0.3, 0.4) is 0 Å². The molecule has 1 aliphatic heterocycles. The fourth-order valence-corrected chi connectivity index (χ4v) is 3.71. The van der Waals surface area contributed by atoms with Gasteiger partial charge in [-0.1, -0.05) is 11.6 Å². The Morgan fingerprint density at radius 3 is 2.50 bits per heavy atom. The van der Waals surface area contributed by atoms with E-state index >= 15 is 0 Å². The van der Waals surface area contributed by atoms with Crippen LogP contribution in [0, 0.1) is 0 Å². The topological polar surface area (TPSA) is 78.5 Å². The number of hydrogen-bond donors (Lipinski definition) is 1. The van der Waals surface area contributed by atoms with E-state index in [4.69, 9.17) is 16.3 Å². The quantitative estimate of drug-likeness (QED) is 0.852. The average molecular weight is 403 g/mol. The second-order valence-corrected chi connectivity index (χ2v) is 7.70. The van der Waals surface area contributed by atoms with Crippen LogP contribution < -0.4 is 4.74 Å². The number of aromatic nitrogens is 2. The molecule has 0 radical (unpaired) electrons. The van der Waals surface area contributed by atoms with Crippen LogP contribution >= 0.6 is 11.6 Å². The molecule has 0 unspecified atom stereocenters. The van der Waals surface area contributed by atoms with Gasteiger partial charge in [-0.2, -0.15) is 5.10 Å². The minimum absolute atomic E-state index is 0.0819. The summed E-state index contributed by atoms with van der Waals surface area (Å²) >= 11 is 5.99. The molecular weight excluding hydrogens is 380 g/mol. The highest BCUT2D eigenvalue weighted by Gasteiger charge is 2.29. The Morgan fingerprint density at radius 1 is 1.11 bits per heavy atom. The van der Waals surface area contributed by atoms with E-state index in [-0.39, 0.29) is 11.8 Å². The molecule has 2 aliphatic rings. The van der Waals surface area contributed by atoms with Gasteiger partial charge in [0.05, 0.1) is 12.7 Å². The molecule has 0 spiro atoms. The number of halogens is 1. The number of amides is 2. The number of nitrogens with one attached hydrogen (secondary N) is 1. The molecule has 1 saturated heterocycles. The molecule has 1 aliphatic carbocycles. The largest absolute Gasteiger partial charge is 0.496 e. The van der Waals surface area contributed by atoms with E-state index in [1.807, 2.05) is 6.07 Å². The second kappa shape index (κ2) is 7.83. The number of carbonyl (C=O) groups excluding carboxylic acids is 2. The van der Waals surface area contributed by atoms with Gasteiger partial charge in [-0.25, -0.2) is 0 Å². The normalized spacial score (nSPS) is 17.4. The molecular formula is C20H23ClN4O3. The third kappa shape index (κ3) is 3.85. The van der Waals surface area contributed by atoms with Gasteiger partial charge in [0, 0.05) is 42.8 Å². The number of ether oxygens (including phenoxy) is 1. The van der Waals surface area contributed by atoms with Crippen molar-refractivity contribution in [2.45, 2.75) is 25.2 Å². The first-order valence-electron chi connectivity index (χ1n) is 9.54. The number of H-pyrrole nitrogens is 1. The number of hydrogen-bond acceptors (Lipinski definition) is 4. The molecule has 148 valence electrons. The lowest BCUT2D eigenvalue weighted by molar-refractivity contribution is 0.0714. The second-order valence-electron chi connectivity index (χ2n) is 7.27. The molecule has 1 aromatic heterocycles. The van der Waals surface area contributed by atoms with E-state index in [1.165, 1.54) is 7.11 Å². The van der Waals surface area contributed by atoms with Gasteiger partial charge in [-0.15, -0.1) is 0 Å². The Kier molecular flexibility index (Phi) is 5.26. The summed E-state index contributed by atoms with van der Waals surface area (Å²) in [6, 6.07) is 6.87. The third-order valence-corrected chi connectivity index (χ3v) is 5.53. The molecule has 2 heterocycles. The van der Waals surface area contributed by atoms with E-state index in [0.29, 0.717) is 60.5 Å². The molecule has 2 fully saturated rings. The maximum absolute atomic E-state index is 13.0. The van der Waals surface area contributed by atoms with Crippen molar-refractivity contribution in [1.29, 1.82) is 0 Å². The fourth-order valence-electron chi connectivity index (χ4n) is 3.55. The van der Waals surface area contributed by atoms with E-state index in [9.17, 15) is 9.59 Å².